The van der Waals surface area contributed by atoms with Crippen LogP contribution in [0.25, 0.3) is 0 Å². The van der Waals surface area contributed by atoms with Crippen molar-refractivity contribution in [2.45, 2.75) is 44.9 Å². The molecule has 2 heterocycles. The quantitative estimate of drug-likeness (QED) is 0.821. The number of aromatic nitrogens is 2. The fraction of sp³-hybridized carbons (Fsp3) is 0.778. The number of nitrogens with zero attached hydrogens (tertiary/aromatic N) is 4. The molecule has 1 aliphatic heterocycles. The van der Waals surface area contributed by atoms with E-state index in [1.54, 1.807) is 19.0 Å². The summed E-state index contributed by atoms with van der Waals surface area (Å²) in [4.78, 5) is 16.1. The third-order valence-corrected chi connectivity index (χ3v) is 5.63. The van der Waals surface area contributed by atoms with Crippen LogP contribution in [0.15, 0.2) is 18.5 Å². The molecule has 0 radical (unpaired) electrons. The molecular formula is C18H30N4O2. The highest BCUT2D eigenvalue weighted by Crippen LogP contribution is 2.42. The number of ether oxygens (including phenoxy) is 1. The first-order valence-electron chi connectivity index (χ1n) is 9.00. The van der Waals surface area contributed by atoms with Crippen LogP contribution < -0.4 is 0 Å². The predicted molar refractivity (Wildman–Crippen MR) is 92.6 cm³/mol. The molecule has 1 saturated carbocycles. The van der Waals surface area contributed by atoms with E-state index in [1.165, 1.54) is 6.54 Å². The van der Waals surface area contributed by atoms with Gasteiger partial charge in [0, 0.05) is 45.6 Å². The Morgan fingerprint density at radius 2 is 2.00 bits per heavy atom. The Balaban J connectivity index is 1.71. The molecule has 134 valence electrons. The van der Waals surface area contributed by atoms with Gasteiger partial charge in [-0.1, -0.05) is 0 Å². The van der Waals surface area contributed by atoms with Gasteiger partial charge in [-0.3, -0.25) is 9.48 Å². The van der Waals surface area contributed by atoms with Crippen LogP contribution in [0.3, 0.4) is 0 Å². The number of likely N-dealkylation sites (tertiary alicyclic amines) is 1. The van der Waals surface area contributed by atoms with Crippen molar-refractivity contribution in [1.82, 2.24) is 19.6 Å². The van der Waals surface area contributed by atoms with E-state index in [0.29, 0.717) is 17.9 Å². The maximum atomic E-state index is 11.9. The largest absolute Gasteiger partial charge is 0.366 e. The van der Waals surface area contributed by atoms with E-state index < -0.39 is 0 Å². The number of hydrogen-bond acceptors (Lipinski definition) is 4. The number of carbonyl (C=O) groups is 1. The first-order chi connectivity index (χ1) is 11.5. The summed E-state index contributed by atoms with van der Waals surface area (Å²) in [5.74, 6) is 1.39. The SMILES string of the molecule is CC(C)N1C[C@H]2C[C@H](OCC(=O)N(C)C)[C@@H](n3cccn3)C[C@H]2C1. The van der Waals surface area contributed by atoms with Crippen LogP contribution in [0.1, 0.15) is 32.7 Å². The van der Waals surface area contributed by atoms with E-state index in [2.05, 4.69) is 23.8 Å². The summed E-state index contributed by atoms with van der Waals surface area (Å²) in [6.45, 7) is 7.01. The molecule has 6 heteroatoms. The van der Waals surface area contributed by atoms with Crippen LogP contribution in [0, 0.1) is 11.8 Å². The maximum Gasteiger partial charge on any atom is 0.248 e. The summed E-state index contributed by atoms with van der Waals surface area (Å²) in [6.07, 6.45) is 5.99. The molecule has 1 amide bonds. The average Bonchev–Trinajstić information content (AvgIpc) is 3.20. The molecule has 2 aliphatic rings. The third-order valence-electron chi connectivity index (χ3n) is 5.63. The van der Waals surface area contributed by atoms with Crippen LogP contribution >= 0.6 is 0 Å². The monoisotopic (exact) mass is 334 g/mol. The fourth-order valence-corrected chi connectivity index (χ4v) is 4.09. The Bertz CT molecular complexity index is 543. The number of fused-ring (bicyclic) bond motifs is 1. The molecule has 0 N–H and O–H groups in total. The molecule has 1 saturated heterocycles. The van der Waals surface area contributed by atoms with Gasteiger partial charge in [0.15, 0.2) is 0 Å². The predicted octanol–water partition coefficient (Wildman–Crippen LogP) is 1.65. The van der Waals surface area contributed by atoms with Crippen LogP contribution in [0.2, 0.25) is 0 Å². The van der Waals surface area contributed by atoms with Crippen molar-refractivity contribution in [2.24, 2.45) is 11.8 Å². The zero-order valence-corrected chi connectivity index (χ0v) is 15.3. The molecule has 3 rings (SSSR count). The lowest BCUT2D eigenvalue weighted by Crippen LogP contribution is -2.40. The molecule has 1 aliphatic carbocycles. The normalized spacial score (nSPS) is 30.5. The molecule has 0 unspecified atom stereocenters. The van der Waals surface area contributed by atoms with Gasteiger partial charge in [0.25, 0.3) is 0 Å². The Morgan fingerprint density at radius 3 is 2.58 bits per heavy atom. The van der Waals surface area contributed by atoms with Crippen molar-refractivity contribution in [1.29, 1.82) is 0 Å². The molecular weight excluding hydrogens is 304 g/mol. The van der Waals surface area contributed by atoms with E-state index in [0.717, 1.165) is 19.4 Å². The Morgan fingerprint density at radius 1 is 1.29 bits per heavy atom. The lowest BCUT2D eigenvalue weighted by atomic mass is 9.77. The Hall–Kier alpha value is -1.40. The van der Waals surface area contributed by atoms with Crippen LogP contribution in [0.4, 0.5) is 0 Å². The average molecular weight is 334 g/mol. The fourth-order valence-electron chi connectivity index (χ4n) is 4.09. The first-order valence-corrected chi connectivity index (χ1v) is 9.00. The van der Waals surface area contributed by atoms with Gasteiger partial charge in [0.1, 0.15) is 6.61 Å². The summed E-state index contributed by atoms with van der Waals surface area (Å²) < 4.78 is 8.10. The van der Waals surface area contributed by atoms with Crippen molar-refractivity contribution < 1.29 is 9.53 Å². The zero-order valence-electron chi connectivity index (χ0n) is 15.3. The van der Waals surface area contributed by atoms with Crippen molar-refractivity contribution in [2.75, 3.05) is 33.8 Å². The van der Waals surface area contributed by atoms with Gasteiger partial charge >= 0.3 is 0 Å². The number of rotatable bonds is 5. The van der Waals surface area contributed by atoms with Gasteiger partial charge in [-0.25, -0.2) is 0 Å². The molecule has 4 atom stereocenters. The van der Waals surface area contributed by atoms with Gasteiger partial charge in [0.05, 0.1) is 12.1 Å². The lowest BCUT2D eigenvalue weighted by Gasteiger charge is -2.38. The van der Waals surface area contributed by atoms with Crippen LogP contribution in [0.5, 0.6) is 0 Å². The van der Waals surface area contributed by atoms with Gasteiger partial charge in [-0.2, -0.15) is 5.10 Å². The molecule has 0 bridgehead atoms. The van der Waals surface area contributed by atoms with Gasteiger partial charge in [-0.15, -0.1) is 0 Å². The number of hydrogen-bond donors (Lipinski definition) is 0. The van der Waals surface area contributed by atoms with Gasteiger partial charge in [-0.05, 0) is 44.6 Å². The maximum absolute atomic E-state index is 11.9. The highest BCUT2D eigenvalue weighted by molar-refractivity contribution is 5.76. The summed E-state index contributed by atoms with van der Waals surface area (Å²) >= 11 is 0. The topological polar surface area (TPSA) is 50.6 Å². The smallest absolute Gasteiger partial charge is 0.248 e. The molecule has 1 aromatic rings. The molecule has 6 nitrogen and oxygen atoms in total. The minimum atomic E-state index is 0.0200. The summed E-state index contributed by atoms with van der Waals surface area (Å²) in [6, 6.07) is 2.78. The summed E-state index contributed by atoms with van der Waals surface area (Å²) in [7, 11) is 3.54. The van der Waals surface area contributed by atoms with Crippen LogP contribution in [-0.2, 0) is 9.53 Å². The minimum Gasteiger partial charge on any atom is -0.366 e. The van der Waals surface area contributed by atoms with E-state index in [-0.39, 0.29) is 24.7 Å². The molecule has 0 aromatic carbocycles. The molecule has 2 fully saturated rings. The van der Waals surface area contributed by atoms with E-state index in [4.69, 9.17) is 4.74 Å². The Kier molecular flexibility index (Phi) is 5.25. The summed E-state index contributed by atoms with van der Waals surface area (Å²) in [5.41, 5.74) is 0. The van der Waals surface area contributed by atoms with Crippen LogP contribution in [-0.4, -0.2) is 71.4 Å². The van der Waals surface area contributed by atoms with Crippen molar-refractivity contribution in [3.8, 4) is 0 Å². The Labute approximate surface area is 144 Å². The molecule has 24 heavy (non-hydrogen) atoms. The second-order valence-electron chi connectivity index (χ2n) is 7.73. The molecule has 1 aromatic heterocycles. The number of carbonyl (C=O) groups excluding carboxylic acids is 1. The second kappa shape index (κ2) is 7.23. The van der Waals surface area contributed by atoms with E-state index >= 15 is 0 Å². The lowest BCUT2D eigenvalue weighted by molar-refractivity contribution is -0.138. The summed E-state index contributed by atoms with van der Waals surface area (Å²) in [5, 5.41) is 4.45. The van der Waals surface area contributed by atoms with Crippen molar-refractivity contribution in [3.63, 3.8) is 0 Å². The number of amides is 1. The minimum absolute atomic E-state index is 0.0200. The van der Waals surface area contributed by atoms with Gasteiger partial charge in [0.2, 0.25) is 5.91 Å². The van der Waals surface area contributed by atoms with Gasteiger partial charge < -0.3 is 14.5 Å². The van der Waals surface area contributed by atoms with E-state index in [9.17, 15) is 4.79 Å². The highest BCUT2D eigenvalue weighted by Gasteiger charge is 2.44. The highest BCUT2D eigenvalue weighted by atomic mass is 16.5. The first kappa shape index (κ1) is 17.4. The van der Waals surface area contributed by atoms with Crippen molar-refractivity contribution in [3.05, 3.63) is 18.5 Å². The second-order valence-corrected chi connectivity index (χ2v) is 7.73. The third kappa shape index (κ3) is 3.64. The zero-order chi connectivity index (χ0) is 17.3. The number of likely N-dealkylation sites (N-methyl/N-ethyl adjacent to an activating group) is 1. The molecule has 0 spiro atoms. The van der Waals surface area contributed by atoms with Crippen molar-refractivity contribution >= 4 is 5.91 Å². The standard InChI is InChI=1S/C18H30N4O2/c1-13(2)21-10-14-8-16(22-7-5-6-19-22)17(9-15(14)11-21)24-12-18(23)20(3)4/h5-7,13-17H,8-12H2,1-4H3/t14-,15+,16-,17-/m0/s1. The van der Waals surface area contributed by atoms with E-state index in [1.807, 2.05) is 23.1 Å².